The fraction of sp³-hybridized carbons (Fsp3) is 0.400. The quantitative estimate of drug-likeness (QED) is 0.713. The smallest absolute Gasteiger partial charge is 0.137 e. The summed E-state index contributed by atoms with van der Waals surface area (Å²) in [7, 11) is 1.48. The van der Waals surface area contributed by atoms with Gasteiger partial charge in [-0.2, -0.15) is 0 Å². The van der Waals surface area contributed by atoms with Crippen LogP contribution in [0.15, 0.2) is 18.2 Å². The zero-order valence-corrected chi connectivity index (χ0v) is 9.11. The maximum atomic E-state index is 9.67. The summed E-state index contributed by atoms with van der Waals surface area (Å²) in [5.41, 5.74) is 5.77. The molecule has 0 aliphatic heterocycles. The third-order valence-corrected chi connectivity index (χ3v) is 2.43. The molecular formula is C10H14ClNO3. The van der Waals surface area contributed by atoms with Gasteiger partial charge in [0.25, 0.3) is 0 Å². The van der Waals surface area contributed by atoms with E-state index in [1.54, 1.807) is 18.2 Å². The van der Waals surface area contributed by atoms with Gasteiger partial charge in [-0.15, -0.1) is 0 Å². The van der Waals surface area contributed by atoms with Crippen molar-refractivity contribution in [3.05, 3.63) is 28.8 Å². The van der Waals surface area contributed by atoms with Crippen molar-refractivity contribution in [3.63, 3.8) is 0 Å². The molecule has 0 amide bonds. The van der Waals surface area contributed by atoms with E-state index < -0.39 is 12.2 Å². The molecule has 0 spiro atoms. The molecule has 0 aliphatic rings. The van der Waals surface area contributed by atoms with Crippen LogP contribution in [-0.4, -0.2) is 30.0 Å². The molecule has 0 bridgehead atoms. The highest BCUT2D eigenvalue weighted by atomic mass is 35.5. The number of aliphatic hydroxyl groups excluding tert-OH is 2. The Hall–Kier alpha value is -0.810. The van der Waals surface area contributed by atoms with E-state index in [4.69, 9.17) is 22.1 Å². The van der Waals surface area contributed by atoms with Crippen molar-refractivity contribution in [2.24, 2.45) is 5.73 Å². The molecule has 0 radical (unpaired) electrons. The SMILES string of the molecule is COc1cc(C(O)C(O)CN)ccc1Cl. The summed E-state index contributed by atoms with van der Waals surface area (Å²) in [4.78, 5) is 0. The predicted octanol–water partition coefficient (Wildman–Crippen LogP) is 0.702. The summed E-state index contributed by atoms with van der Waals surface area (Å²) in [6.07, 6.45) is -2.02. The van der Waals surface area contributed by atoms with Crippen LogP contribution in [-0.2, 0) is 0 Å². The van der Waals surface area contributed by atoms with Gasteiger partial charge in [0.15, 0.2) is 0 Å². The third kappa shape index (κ3) is 2.82. The highest BCUT2D eigenvalue weighted by molar-refractivity contribution is 6.32. The number of hydrogen-bond acceptors (Lipinski definition) is 4. The molecular weight excluding hydrogens is 218 g/mol. The lowest BCUT2D eigenvalue weighted by Crippen LogP contribution is -2.27. The van der Waals surface area contributed by atoms with Gasteiger partial charge in [-0.25, -0.2) is 0 Å². The minimum atomic E-state index is -1.03. The van der Waals surface area contributed by atoms with Gasteiger partial charge in [0.1, 0.15) is 11.9 Å². The lowest BCUT2D eigenvalue weighted by molar-refractivity contribution is 0.0242. The largest absolute Gasteiger partial charge is 0.495 e. The molecule has 0 heterocycles. The molecule has 0 aromatic heterocycles. The number of methoxy groups -OCH3 is 1. The van der Waals surface area contributed by atoms with E-state index in [2.05, 4.69) is 0 Å². The number of hydrogen-bond donors (Lipinski definition) is 3. The van der Waals surface area contributed by atoms with Crippen molar-refractivity contribution in [2.75, 3.05) is 13.7 Å². The first kappa shape index (κ1) is 12.3. The van der Waals surface area contributed by atoms with Crippen molar-refractivity contribution >= 4 is 11.6 Å². The van der Waals surface area contributed by atoms with Crippen molar-refractivity contribution in [3.8, 4) is 5.75 Å². The normalized spacial score (nSPS) is 14.7. The predicted molar refractivity (Wildman–Crippen MR) is 58.0 cm³/mol. The highest BCUT2D eigenvalue weighted by Gasteiger charge is 2.17. The van der Waals surface area contributed by atoms with E-state index in [-0.39, 0.29) is 6.54 Å². The number of rotatable bonds is 4. The van der Waals surface area contributed by atoms with Crippen LogP contribution in [0.5, 0.6) is 5.75 Å². The molecule has 0 fully saturated rings. The van der Waals surface area contributed by atoms with Gasteiger partial charge >= 0.3 is 0 Å². The second-order valence-corrected chi connectivity index (χ2v) is 3.55. The molecule has 0 saturated heterocycles. The molecule has 0 aliphatic carbocycles. The molecule has 2 unspecified atom stereocenters. The Bertz CT molecular complexity index is 332. The van der Waals surface area contributed by atoms with Gasteiger partial charge in [-0.1, -0.05) is 17.7 Å². The Morgan fingerprint density at radius 3 is 2.67 bits per heavy atom. The van der Waals surface area contributed by atoms with Crippen LogP contribution in [0, 0.1) is 0 Å². The van der Waals surface area contributed by atoms with Crippen LogP contribution in [0.3, 0.4) is 0 Å². The van der Waals surface area contributed by atoms with E-state index in [0.717, 1.165) is 0 Å². The minimum absolute atomic E-state index is 0.00783. The lowest BCUT2D eigenvalue weighted by Gasteiger charge is -2.17. The molecule has 4 N–H and O–H groups in total. The van der Waals surface area contributed by atoms with Crippen LogP contribution in [0.25, 0.3) is 0 Å². The average molecular weight is 232 g/mol. The number of nitrogens with two attached hydrogens (primary N) is 1. The summed E-state index contributed by atoms with van der Waals surface area (Å²) in [5, 5.41) is 19.5. The second-order valence-electron chi connectivity index (χ2n) is 3.14. The summed E-state index contributed by atoms with van der Waals surface area (Å²) in [6, 6.07) is 4.79. The van der Waals surface area contributed by atoms with Gasteiger partial charge in [0, 0.05) is 6.54 Å². The van der Waals surface area contributed by atoms with Crippen molar-refractivity contribution in [2.45, 2.75) is 12.2 Å². The van der Waals surface area contributed by atoms with E-state index >= 15 is 0 Å². The molecule has 0 saturated carbocycles. The molecule has 1 rings (SSSR count). The molecule has 1 aromatic carbocycles. The number of halogens is 1. The van der Waals surface area contributed by atoms with Crippen molar-refractivity contribution in [1.29, 1.82) is 0 Å². The zero-order valence-electron chi connectivity index (χ0n) is 8.35. The Kier molecular flexibility index (Phi) is 4.35. The van der Waals surface area contributed by atoms with Gasteiger partial charge < -0.3 is 20.7 Å². The summed E-state index contributed by atoms with van der Waals surface area (Å²) in [6.45, 7) is -0.00783. The van der Waals surface area contributed by atoms with Gasteiger partial charge in [0.2, 0.25) is 0 Å². The maximum Gasteiger partial charge on any atom is 0.137 e. The zero-order chi connectivity index (χ0) is 11.4. The number of benzene rings is 1. The van der Waals surface area contributed by atoms with Crippen molar-refractivity contribution < 1.29 is 14.9 Å². The first-order valence-electron chi connectivity index (χ1n) is 4.49. The molecule has 84 valence electrons. The summed E-state index contributed by atoms with van der Waals surface area (Å²) in [5.74, 6) is 0.456. The number of ether oxygens (including phenoxy) is 1. The van der Waals surface area contributed by atoms with Gasteiger partial charge in [0.05, 0.1) is 18.2 Å². The van der Waals surface area contributed by atoms with E-state index in [1.165, 1.54) is 7.11 Å². The summed E-state index contributed by atoms with van der Waals surface area (Å²) < 4.78 is 4.99. The second kappa shape index (κ2) is 5.32. The van der Waals surface area contributed by atoms with E-state index in [0.29, 0.717) is 16.3 Å². The van der Waals surface area contributed by atoms with Crippen LogP contribution in [0.2, 0.25) is 5.02 Å². The van der Waals surface area contributed by atoms with E-state index in [9.17, 15) is 10.2 Å². The van der Waals surface area contributed by atoms with Crippen LogP contribution < -0.4 is 10.5 Å². The fourth-order valence-electron chi connectivity index (χ4n) is 1.21. The highest BCUT2D eigenvalue weighted by Crippen LogP contribution is 2.28. The lowest BCUT2D eigenvalue weighted by atomic mass is 10.0. The van der Waals surface area contributed by atoms with E-state index in [1.807, 2.05) is 0 Å². The standard InChI is InChI=1S/C10H14ClNO3/c1-15-9-4-6(2-3-7(9)11)10(14)8(13)5-12/h2-4,8,10,13-14H,5,12H2,1H3. The Morgan fingerprint density at radius 2 is 2.13 bits per heavy atom. The van der Waals surface area contributed by atoms with Crippen LogP contribution in [0.4, 0.5) is 0 Å². The Balaban J connectivity index is 2.95. The van der Waals surface area contributed by atoms with Crippen molar-refractivity contribution in [1.82, 2.24) is 0 Å². The van der Waals surface area contributed by atoms with Crippen LogP contribution in [0.1, 0.15) is 11.7 Å². The van der Waals surface area contributed by atoms with Gasteiger partial charge in [-0.05, 0) is 17.7 Å². The Labute approximate surface area is 93.2 Å². The van der Waals surface area contributed by atoms with Crippen LogP contribution >= 0.6 is 11.6 Å². The number of aliphatic hydroxyl groups is 2. The molecule has 2 atom stereocenters. The van der Waals surface area contributed by atoms with Gasteiger partial charge in [-0.3, -0.25) is 0 Å². The topological polar surface area (TPSA) is 75.7 Å². The molecule has 4 nitrogen and oxygen atoms in total. The summed E-state index contributed by atoms with van der Waals surface area (Å²) >= 11 is 5.82. The fourth-order valence-corrected chi connectivity index (χ4v) is 1.41. The first-order valence-corrected chi connectivity index (χ1v) is 4.87. The molecule has 15 heavy (non-hydrogen) atoms. The average Bonchev–Trinajstić information content (AvgIpc) is 2.27. The third-order valence-electron chi connectivity index (χ3n) is 2.12. The first-order chi connectivity index (χ1) is 7.10. The Morgan fingerprint density at radius 1 is 1.47 bits per heavy atom. The minimum Gasteiger partial charge on any atom is -0.495 e. The molecule has 5 heteroatoms. The molecule has 1 aromatic rings. The monoisotopic (exact) mass is 231 g/mol. The maximum absolute atomic E-state index is 9.67.